The first-order chi connectivity index (χ1) is 14.8. The third-order valence-electron chi connectivity index (χ3n) is 5.36. The molecule has 0 aliphatic heterocycles. The van der Waals surface area contributed by atoms with Gasteiger partial charge in [-0.2, -0.15) is 0 Å². The van der Waals surface area contributed by atoms with Crippen molar-refractivity contribution in [3.8, 4) is 11.1 Å². The van der Waals surface area contributed by atoms with E-state index in [1.54, 1.807) is 24.4 Å². The van der Waals surface area contributed by atoms with Gasteiger partial charge >= 0.3 is 0 Å². The molecule has 9 heteroatoms. The molecule has 1 saturated carbocycles. The van der Waals surface area contributed by atoms with Gasteiger partial charge in [-0.05, 0) is 48.2 Å². The van der Waals surface area contributed by atoms with E-state index in [1.165, 1.54) is 12.4 Å². The van der Waals surface area contributed by atoms with Crippen LogP contribution in [0.5, 0.6) is 0 Å². The number of anilines is 1. The van der Waals surface area contributed by atoms with E-state index in [2.05, 4.69) is 20.3 Å². The molecule has 1 aliphatic carbocycles. The van der Waals surface area contributed by atoms with Crippen molar-refractivity contribution in [3.05, 3.63) is 70.5 Å². The minimum atomic E-state index is -2.66. The van der Waals surface area contributed by atoms with E-state index in [0.717, 1.165) is 11.1 Å². The number of alkyl halides is 2. The average molecular weight is 463 g/mol. The number of benzene rings is 1. The predicted octanol–water partition coefficient (Wildman–Crippen LogP) is 6.39. The van der Waals surface area contributed by atoms with Gasteiger partial charge in [-0.25, -0.2) is 18.7 Å². The number of nitrogens with one attached hydrogen (secondary N) is 1. The van der Waals surface area contributed by atoms with Crippen molar-refractivity contribution in [2.75, 3.05) is 5.32 Å². The van der Waals surface area contributed by atoms with Crippen LogP contribution in [-0.2, 0) is 0 Å². The van der Waals surface area contributed by atoms with Crippen LogP contribution in [0.25, 0.3) is 11.1 Å². The largest absolute Gasteiger partial charge is 0.320 e. The second kappa shape index (κ2) is 8.85. The van der Waals surface area contributed by atoms with Gasteiger partial charge in [0.2, 0.25) is 11.2 Å². The van der Waals surface area contributed by atoms with Crippen LogP contribution >= 0.6 is 23.2 Å². The zero-order valence-corrected chi connectivity index (χ0v) is 17.8. The summed E-state index contributed by atoms with van der Waals surface area (Å²) >= 11 is 11.7. The Kier molecular flexibility index (Phi) is 6.16. The minimum Gasteiger partial charge on any atom is -0.320 e. The molecule has 31 heavy (non-hydrogen) atoms. The minimum absolute atomic E-state index is 0.0311. The van der Waals surface area contributed by atoms with E-state index in [1.807, 2.05) is 12.1 Å². The molecule has 1 aliphatic rings. The highest BCUT2D eigenvalue weighted by atomic mass is 35.5. The Morgan fingerprint density at radius 3 is 2.29 bits per heavy atom. The molecule has 2 aromatic heterocycles. The van der Waals surface area contributed by atoms with E-state index in [0.29, 0.717) is 16.4 Å². The third-order valence-corrected chi connectivity index (χ3v) is 5.81. The maximum absolute atomic E-state index is 13.7. The number of carbonyl (C=O) groups excluding carboxylic acids is 1. The lowest BCUT2D eigenvalue weighted by Crippen LogP contribution is -2.25. The Hall–Kier alpha value is -2.64. The van der Waals surface area contributed by atoms with Gasteiger partial charge in [-0.1, -0.05) is 23.7 Å². The summed E-state index contributed by atoms with van der Waals surface area (Å²) in [6.45, 7) is 0. The number of nitrogens with zero attached hydrogens (tertiary/aromatic N) is 3. The molecule has 1 N–H and O–H groups in total. The molecule has 1 fully saturated rings. The van der Waals surface area contributed by atoms with Crippen molar-refractivity contribution in [3.63, 3.8) is 0 Å². The van der Waals surface area contributed by atoms with Gasteiger partial charge in [-0.15, -0.1) is 0 Å². The van der Waals surface area contributed by atoms with Crippen LogP contribution < -0.4 is 5.32 Å². The van der Waals surface area contributed by atoms with Crippen molar-refractivity contribution in [1.29, 1.82) is 0 Å². The fourth-order valence-electron chi connectivity index (χ4n) is 3.72. The molecule has 0 spiro atoms. The molecule has 0 radical (unpaired) electrons. The Labute approximate surface area is 187 Å². The van der Waals surface area contributed by atoms with E-state index in [4.69, 9.17) is 23.2 Å². The van der Waals surface area contributed by atoms with Gasteiger partial charge in [0.25, 0.3) is 5.91 Å². The standard InChI is InChI=1S/C22H18Cl2F2N4O/c23-16-3-1-13(2-4-16)17-7-10-27-18(14-5-8-22(25,26)9-6-14)19(17)30-20(31)15-11-28-21(24)29-12-15/h1-4,7,10-12,14H,5-6,8-9H2,(H,30,31). The lowest BCUT2D eigenvalue weighted by molar-refractivity contribution is -0.0384. The summed E-state index contributed by atoms with van der Waals surface area (Å²) in [6, 6.07) is 8.93. The van der Waals surface area contributed by atoms with Gasteiger partial charge in [0, 0.05) is 47.9 Å². The molecule has 0 atom stereocenters. The smallest absolute Gasteiger partial charge is 0.258 e. The topological polar surface area (TPSA) is 67.8 Å². The molecule has 3 aromatic rings. The van der Waals surface area contributed by atoms with Crippen molar-refractivity contribution >= 4 is 34.8 Å². The highest BCUT2D eigenvalue weighted by Crippen LogP contribution is 2.44. The highest BCUT2D eigenvalue weighted by molar-refractivity contribution is 6.30. The van der Waals surface area contributed by atoms with E-state index >= 15 is 0 Å². The number of hydrogen-bond donors (Lipinski definition) is 1. The maximum Gasteiger partial charge on any atom is 0.258 e. The van der Waals surface area contributed by atoms with Crippen molar-refractivity contribution in [2.24, 2.45) is 0 Å². The first-order valence-corrected chi connectivity index (χ1v) is 10.5. The Bertz CT molecular complexity index is 1080. The summed E-state index contributed by atoms with van der Waals surface area (Å²) < 4.78 is 27.4. The normalized spacial score (nSPS) is 16.1. The van der Waals surface area contributed by atoms with Gasteiger partial charge in [-0.3, -0.25) is 9.78 Å². The third kappa shape index (κ3) is 4.99. The van der Waals surface area contributed by atoms with Gasteiger partial charge in [0.15, 0.2) is 0 Å². The second-order valence-corrected chi connectivity index (χ2v) is 8.23. The summed E-state index contributed by atoms with van der Waals surface area (Å²) in [5.41, 5.74) is 2.83. The number of halogens is 4. The number of hydrogen-bond acceptors (Lipinski definition) is 4. The molecule has 4 rings (SSSR count). The fraction of sp³-hybridized carbons (Fsp3) is 0.273. The van der Waals surface area contributed by atoms with E-state index in [9.17, 15) is 13.6 Å². The summed E-state index contributed by atoms with van der Waals surface area (Å²) in [7, 11) is 0. The number of amides is 1. The van der Waals surface area contributed by atoms with Gasteiger partial charge in [0.1, 0.15) is 0 Å². The van der Waals surface area contributed by atoms with Crippen LogP contribution in [0.3, 0.4) is 0 Å². The summed E-state index contributed by atoms with van der Waals surface area (Å²) in [6.07, 6.45) is 4.45. The maximum atomic E-state index is 13.7. The number of aromatic nitrogens is 3. The highest BCUT2D eigenvalue weighted by Gasteiger charge is 2.37. The molecule has 5 nitrogen and oxygen atoms in total. The SMILES string of the molecule is O=C(Nc1c(-c2ccc(Cl)cc2)ccnc1C1CCC(F)(F)CC1)c1cnc(Cl)nc1. The van der Waals surface area contributed by atoms with Gasteiger partial charge in [0.05, 0.1) is 16.9 Å². The molecule has 1 amide bonds. The van der Waals surface area contributed by atoms with Crippen molar-refractivity contribution in [2.45, 2.75) is 37.5 Å². The first-order valence-electron chi connectivity index (χ1n) is 9.74. The second-order valence-electron chi connectivity index (χ2n) is 7.45. The zero-order chi connectivity index (χ0) is 22.0. The lowest BCUT2D eigenvalue weighted by atomic mass is 9.83. The summed E-state index contributed by atoms with van der Waals surface area (Å²) in [5.74, 6) is -3.29. The number of pyridine rings is 1. The molecule has 1 aromatic carbocycles. The van der Waals surface area contributed by atoms with Crippen LogP contribution in [0.4, 0.5) is 14.5 Å². The zero-order valence-electron chi connectivity index (χ0n) is 16.3. The Morgan fingerprint density at radius 1 is 1.00 bits per heavy atom. The molecule has 0 bridgehead atoms. The van der Waals surface area contributed by atoms with Crippen molar-refractivity contribution in [1.82, 2.24) is 15.0 Å². The molecule has 0 unspecified atom stereocenters. The van der Waals surface area contributed by atoms with Crippen molar-refractivity contribution < 1.29 is 13.6 Å². The fourth-order valence-corrected chi connectivity index (χ4v) is 3.94. The average Bonchev–Trinajstić information content (AvgIpc) is 2.75. The molecule has 160 valence electrons. The Morgan fingerprint density at radius 2 is 1.65 bits per heavy atom. The molecule has 0 saturated heterocycles. The van der Waals surface area contributed by atoms with E-state index < -0.39 is 11.8 Å². The quantitative estimate of drug-likeness (QED) is 0.456. The van der Waals surface area contributed by atoms with Crippen LogP contribution in [0, 0.1) is 0 Å². The number of carbonyl (C=O) groups is 1. The van der Waals surface area contributed by atoms with Crippen LogP contribution in [0.1, 0.15) is 47.7 Å². The molecular formula is C22H18Cl2F2N4O. The molecule has 2 heterocycles. The van der Waals surface area contributed by atoms with Gasteiger partial charge < -0.3 is 5.32 Å². The lowest BCUT2D eigenvalue weighted by Gasteiger charge is -2.29. The predicted molar refractivity (Wildman–Crippen MR) is 116 cm³/mol. The number of rotatable bonds is 4. The first kappa shape index (κ1) is 21.6. The molecular weight excluding hydrogens is 445 g/mol. The van der Waals surface area contributed by atoms with Crippen LogP contribution in [-0.4, -0.2) is 26.8 Å². The summed E-state index contributed by atoms with van der Waals surface area (Å²) in [4.78, 5) is 25.1. The van der Waals surface area contributed by atoms with Crippen LogP contribution in [0.2, 0.25) is 10.3 Å². The Balaban J connectivity index is 1.74. The summed E-state index contributed by atoms with van der Waals surface area (Å²) in [5, 5.41) is 3.51. The van der Waals surface area contributed by atoms with Crippen LogP contribution in [0.15, 0.2) is 48.9 Å². The van der Waals surface area contributed by atoms with E-state index in [-0.39, 0.29) is 42.4 Å². The monoisotopic (exact) mass is 462 g/mol.